The highest BCUT2D eigenvalue weighted by molar-refractivity contribution is 7.13. The minimum Gasteiger partial charge on any atom is -0.503 e. The van der Waals surface area contributed by atoms with Crippen LogP contribution >= 0.6 is 11.3 Å². The van der Waals surface area contributed by atoms with Crippen LogP contribution in [-0.2, 0) is 4.79 Å². The fraction of sp³-hybridized carbons (Fsp3) is 0.105. The van der Waals surface area contributed by atoms with Gasteiger partial charge in [0.15, 0.2) is 16.7 Å². The van der Waals surface area contributed by atoms with E-state index in [0.717, 1.165) is 0 Å². The molecule has 0 fully saturated rings. The van der Waals surface area contributed by atoms with Crippen molar-refractivity contribution in [3.05, 3.63) is 76.9 Å². The van der Waals surface area contributed by atoms with Crippen LogP contribution in [0, 0.1) is 0 Å². The summed E-state index contributed by atoms with van der Waals surface area (Å²) in [5.41, 5.74) is 0.483. The molecule has 1 unspecified atom stereocenters. The Balaban J connectivity index is 1.92. The molecule has 1 aliphatic rings. The van der Waals surface area contributed by atoms with E-state index in [4.69, 9.17) is 9.15 Å². The number of para-hydroxylation sites is 1. The number of carbonyl (C=O) groups excluding carboxylic acids is 2. The van der Waals surface area contributed by atoms with Crippen LogP contribution in [0.15, 0.2) is 70.0 Å². The third kappa shape index (κ3) is 2.70. The highest BCUT2D eigenvalue weighted by Crippen LogP contribution is 2.45. The zero-order valence-electron chi connectivity index (χ0n) is 14.2. The summed E-state index contributed by atoms with van der Waals surface area (Å²) < 4.78 is 10.6. The summed E-state index contributed by atoms with van der Waals surface area (Å²) in [5.74, 6) is -1.37. The number of benzene rings is 1. The number of rotatable bonds is 5. The lowest BCUT2D eigenvalue weighted by molar-refractivity contribution is -0.117. The average molecular weight is 382 g/mol. The first-order valence-electron chi connectivity index (χ1n) is 8.00. The second-order valence-electron chi connectivity index (χ2n) is 5.70. The van der Waals surface area contributed by atoms with Gasteiger partial charge < -0.3 is 14.3 Å². The molecule has 4 rings (SSSR count). The number of aliphatic hydroxyl groups excluding tert-OH is 1. The first kappa shape index (κ1) is 17.0. The number of Topliss-reactive ketones (excluding diaryl/α,β-unsaturated/α-hetero) is 1. The van der Waals surface area contributed by atoms with Gasteiger partial charge in [-0.25, -0.2) is 4.98 Å². The van der Waals surface area contributed by atoms with Gasteiger partial charge in [-0.1, -0.05) is 18.2 Å². The van der Waals surface area contributed by atoms with Gasteiger partial charge in [0.05, 0.1) is 18.9 Å². The van der Waals surface area contributed by atoms with Crippen molar-refractivity contribution in [2.24, 2.45) is 0 Å². The van der Waals surface area contributed by atoms with Gasteiger partial charge in [0, 0.05) is 17.1 Å². The van der Waals surface area contributed by atoms with Gasteiger partial charge in [-0.3, -0.25) is 14.5 Å². The summed E-state index contributed by atoms with van der Waals surface area (Å²) in [5, 5.41) is 12.6. The molecule has 1 N–H and O–H groups in total. The second-order valence-corrected chi connectivity index (χ2v) is 6.58. The molecule has 3 heterocycles. The number of methoxy groups -OCH3 is 1. The third-order valence-corrected chi connectivity index (χ3v) is 5.03. The van der Waals surface area contributed by atoms with Crippen molar-refractivity contribution in [2.45, 2.75) is 6.04 Å². The van der Waals surface area contributed by atoms with Gasteiger partial charge in [0.1, 0.15) is 11.8 Å². The summed E-state index contributed by atoms with van der Waals surface area (Å²) in [4.78, 5) is 31.3. The Bertz CT molecular complexity index is 1020. The Morgan fingerprint density at radius 1 is 1.30 bits per heavy atom. The molecular weight excluding hydrogens is 368 g/mol. The number of aliphatic hydroxyl groups is 1. The summed E-state index contributed by atoms with van der Waals surface area (Å²) in [6, 6.07) is 9.18. The number of furan rings is 1. The highest BCUT2D eigenvalue weighted by atomic mass is 32.1. The van der Waals surface area contributed by atoms with E-state index in [1.165, 1.54) is 35.7 Å². The molecule has 1 aliphatic heterocycles. The molecule has 8 heteroatoms. The van der Waals surface area contributed by atoms with Gasteiger partial charge in [-0.2, -0.15) is 0 Å². The molecular formula is C19H14N2O5S. The molecule has 27 heavy (non-hydrogen) atoms. The smallest absolute Gasteiger partial charge is 0.296 e. The van der Waals surface area contributed by atoms with Gasteiger partial charge in [0.25, 0.3) is 5.91 Å². The van der Waals surface area contributed by atoms with Crippen molar-refractivity contribution < 1.29 is 23.8 Å². The first-order chi connectivity index (χ1) is 13.1. The molecule has 1 atom stereocenters. The zero-order valence-corrected chi connectivity index (χ0v) is 15.0. The van der Waals surface area contributed by atoms with Crippen molar-refractivity contribution >= 4 is 28.2 Å². The van der Waals surface area contributed by atoms with Gasteiger partial charge in [-0.05, 0) is 18.2 Å². The minimum atomic E-state index is -0.891. The Morgan fingerprint density at radius 3 is 2.78 bits per heavy atom. The number of ether oxygens (including phenoxy) is 1. The number of nitrogens with zero attached hydrogens (tertiary/aromatic N) is 2. The van der Waals surface area contributed by atoms with Crippen LogP contribution in [0.1, 0.15) is 22.2 Å². The Morgan fingerprint density at radius 2 is 2.11 bits per heavy atom. The lowest BCUT2D eigenvalue weighted by Gasteiger charge is -2.25. The monoisotopic (exact) mass is 382 g/mol. The number of carbonyl (C=O) groups is 2. The average Bonchev–Trinajstić information content (AvgIpc) is 3.43. The summed E-state index contributed by atoms with van der Waals surface area (Å²) in [6.45, 7) is 0. The van der Waals surface area contributed by atoms with Crippen LogP contribution in [0.2, 0.25) is 0 Å². The van der Waals surface area contributed by atoms with Crippen molar-refractivity contribution in [1.29, 1.82) is 0 Å². The van der Waals surface area contributed by atoms with E-state index < -0.39 is 23.5 Å². The normalized spacial score (nSPS) is 16.9. The summed E-state index contributed by atoms with van der Waals surface area (Å²) in [7, 11) is 1.50. The van der Waals surface area contributed by atoms with Crippen LogP contribution in [0.3, 0.4) is 0 Å². The quantitative estimate of drug-likeness (QED) is 0.679. The standard InChI is InChI=1S/C19H14N2O5S/c1-25-12-6-3-2-5-11(12)15-14(16(22)13-7-4-9-26-13)17(23)18(24)21(15)19-20-8-10-27-19/h2-10,15,23H,1H3. The molecule has 0 saturated heterocycles. The maximum Gasteiger partial charge on any atom is 0.296 e. The topological polar surface area (TPSA) is 92.9 Å². The predicted octanol–water partition coefficient (Wildman–Crippen LogP) is 3.53. The van der Waals surface area contributed by atoms with Crippen molar-refractivity contribution in [1.82, 2.24) is 4.98 Å². The van der Waals surface area contributed by atoms with E-state index in [2.05, 4.69) is 4.98 Å². The predicted molar refractivity (Wildman–Crippen MR) is 98.0 cm³/mol. The highest BCUT2D eigenvalue weighted by Gasteiger charge is 2.47. The number of thiazole rings is 1. The number of ketones is 1. The largest absolute Gasteiger partial charge is 0.503 e. The van der Waals surface area contributed by atoms with Crippen LogP contribution in [0.25, 0.3) is 0 Å². The molecule has 0 aliphatic carbocycles. The molecule has 136 valence electrons. The first-order valence-corrected chi connectivity index (χ1v) is 8.88. The Kier molecular flexibility index (Phi) is 4.25. The minimum absolute atomic E-state index is 0.0326. The maximum absolute atomic E-state index is 13.0. The zero-order chi connectivity index (χ0) is 19.0. The molecule has 0 bridgehead atoms. The van der Waals surface area contributed by atoms with Crippen LogP contribution < -0.4 is 9.64 Å². The Hall–Kier alpha value is -3.39. The number of hydrogen-bond acceptors (Lipinski definition) is 7. The molecule has 0 saturated carbocycles. The van der Waals surface area contributed by atoms with E-state index >= 15 is 0 Å². The van der Waals surface area contributed by atoms with Crippen LogP contribution in [0.5, 0.6) is 5.75 Å². The molecule has 0 spiro atoms. The SMILES string of the molecule is COc1ccccc1C1C(C(=O)c2ccco2)=C(O)C(=O)N1c1nccs1. The lowest BCUT2D eigenvalue weighted by Crippen LogP contribution is -2.31. The van der Waals surface area contributed by atoms with Gasteiger partial charge >= 0.3 is 0 Å². The lowest BCUT2D eigenvalue weighted by atomic mass is 9.94. The molecule has 1 amide bonds. The number of aromatic nitrogens is 1. The number of amides is 1. The van der Waals surface area contributed by atoms with Crippen LogP contribution in [0.4, 0.5) is 5.13 Å². The summed E-state index contributed by atoms with van der Waals surface area (Å²) >= 11 is 1.23. The van der Waals surface area contributed by atoms with Crippen molar-refractivity contribution in [3.63, 3.8) is 0 Å². The summed E-state index contributed by atoms with van der Waals surface area (Å²) in [6.07, 6.45) is 2.91. The molecule has 1 aromatic carbocycles. The van der Waals surface area contributed by atoms with E-state index in [9.17, 15) is 14.7 Å². The van der Waals surface area contributed by atoms with E-state index in [0.29, 0.717) is 16.4 Å². The van der Waals surface area contributed by atoms with Crippen molar-refractivity contribution in [2.75, 3.05) is 12.0 Å². The molecule has 3 aromatic rings. The second kappa shape index (κ2) is 6.73. The van der Waals surface area contributed by atoms with E-state index in [-0.39, 0.29) is 11.3 Å². The molecule has 2 aromatic heterocycles. The Labute approximate surface area is 158 Å². The van der Waals surface area contributed by atoms with Gasteiger partial charge in [0.2, 0.25) is 5.78 Å². The number of hydrogen-bond donors (Lipinski definition) is 1. The molecule has 7 nitrogen and oxygen atoms in total. The van der Waals surface area contributed by atoms with Crippen LogP contribution in [-0.4, -0.2) is 28.9 Å². The fourth-order valence-electron chi connectivity index (χ4n) is 3.10. The van der Waals surface area contributed by atoms with Gasteiger partial charge in [-0.15, -0.1) is 11.3 Å². The fourth-order valence-corrected chi connectivity index (χ4v) is 3.76. The maximum atomic E-state index is 13.0. The van der Waals surface area contributed by atoms with E-state index in [1.807, 2.05) is 0 Å². The third-order valence-electron chi connectivity index (χ3n) is 4.26. The van der Waals surface area contributed by atoms with E-state index in [1.54, 1.807) is 41.9 Å². The van der Waals surface area contributed by atoms with Crippen molar-refractivity contribution in [3.8, 4) is 5.75 Å². The molecule has 0 radical (unpaired) electrons. The number of anilines is 1.